The topological polar surface area (TPSA) is 111 Å². The van der Waals surface area contributed by atoms with Crippen LogP contribution < -0.4 is 18.9 Å². The minimum Gasteiger partial charge on any atom is -0.497 e. The molecule has 2 N–H and O–H groups in total. The Bertz CT molecular complexity index is 925. The molecule has 2 rings (SSSR count). The van der Waals surface area contributed by atoms with Crippen LogP contribution in [0.25, 0.3) is 0 Å². The van der Waals surface area contributed by atoms with Gasteiger partial charge in [0.05, 0.1) is 32.1 Å². The number of rotatable bonds is 9. The van der Waals surface area contributed by atoms with E-state index in [0.717, 1.165) is 0 Å². The van der Waals surface area contributed by atoms with Crippen molar-refractivity contribution < 1.29 is 32.5 Å². The van der Waals surface area contributed by atoms with Crippen LogP contribution in [-0.4, -0.2) is 40.3 Å². The molecular weight excluding hydrogens is 374 g/mol. The number of methoxy groups -OCH3 is 2. The Morgan fingerprint density at radius 1 is 1.07 bits per heavy atom. The predicted molar refractivity (Wildman–Crippen MR) is 99.5 cm³/mol. The van der Waals surface area contributed by atoms with E-state index in [1.165, 1.54) is 44.6 Å². The molecule has 27 heavy (non-hydrogen) atoms. The van der Waals surface area contributed by atoms with Crippen LogP contribution in [0.2, 0.25) is 0 Å². The number of carboxylic acids is 1. The van der Waals surface area contributed by atoms with E-state index in [-0.39, 0.29) is 27.6 Å². The lowest BCUT2D eigenvalue weighted by atomic mass is 10.2. The number of ether oxygens (including phenoxy) is 3. The molecule has 0 atom stereocenters. The van der Waals surface area contributed by atoms with Crippen LogP contribution in [0, 0.1) is 0 Å². The van der Waals surface area contributed by atoms with Gasteiger partial charge in [-0.1, -0.05) is 6.92 Å². The van der Waals surface area contributed by atoms with E-state index >= 15 is 0 Å². The summed E-state index contributed by atoms with van der Waals surface area (Å²) in [5.74, 6) is -0.504. The van der Waals surface area contributed by atoms with Crippen molar-refractivity contribution in [2.45, 2.75) is 18.2 Å². The highest BCUT2D eigenvalue weighted by Gasteiger charge is 2.23. The maximum Gasteiger partial charge on any atom is 0.335 e. The zero-order valence-electron chi connectivity index (χ0n) is 15.2. The molecule has 2 aromatic carbocycles. The van der Waals surface area contributed by atoms with Crippen LogP contribution in [0.3, 0.4) is 0 Å². The van der Waals surface area contributed by atoms with Crippen LogP contribution in [0.4, 0.5) is 5.69 Å². The second-order valence-electron chi connectivity index (χ2n) is 5.49. The monoisotopic (exact) mass is 395 g/mol. The molecule has 0 saturated carbocycles. The molecule has 0 radical (unpaired) electrons. The number of carboxylic acid groups (broad SMARTS) is 1. The highest BCUT2D eigenvalue weighted by molar-refractivity contribution is 7.92. The van der Waals surface area contributed by atoms with Gasteiger partial charge in [0, 0.05) is 6.07 Å². The van der Waals surface area contributed by atoms with E-state index in [1.807, 2.05) is 6.92 Å². The number of carbonyl (C=O) groups is 1. The fourth-order valence-electron chi connectivity index (χ4n) is 2.27. The summed E-state index contributed by atoms with van der Waals surface area (Å²) in [6.45, 7) is 2.25. The molecule has 0 aliphatic heterocycles. The Labute approximate surface area is 157 Å². The molecule has 0 amide bonds. The third-order valence-electron chi connectivity index (χ3n) is 3.59. The van der Waals surface area contributed by atoms with Crippen molar-refractivity contribution in [2.24, 2.45) is 0 Å². The fraction of sp³-hybridized carbons (Fsp3) is 0.278. The lowest BCUT2D eigenvalue weighted by Crippen LogP contribution is -2.16. The molecule has 0 unspecified atom stereocenters. The zero-order chi connectivity index (χ0) is 20.0. The van der Waals surface area contributed by atoms with Gasteiger partial charge in [0.15, 0.2) is 0 Å². The quantitative estimate of drug-likeness (QED) is 0.671. The maximum atomic E-state index is 12.9. The van der Waals surface area contributed by atoms with Crippen LogP contribution in [0.15, 0.2) is 41.3 Å². The van der Waals surface area contributed by atoms with Crippen molar-refractivity contribution in [1.82, 2.24) is 0 Å². The first-order chi connectivity index (χ1) is 12.8. The number of hydrogen-bond donors (Lipinski definition) is 2. The lowest BCUT2D eigenvalue weighted by Gasteiger charge is -2.16. The highest BCUT2D eigenvalue weighted by Crippen LogP contribution is 2.33. The Kier molecular flexibility index (Phi) is 6.51. The number of nitrogens with one attached hydrogen (secondary N) is 1. The van der Waals surface area contributed by atoms with Gasteiger partial charge in [0.25, 0.3) is 10.0 Å². The van der Waals surface area contributed by atoms with Gasteiger partial charge in [0.1, 0.15) is 22.1 Å². The van der Waals surface area contributed by atoms with Crippen molar-refractivity contribution in [3.8, 4) is 17.2 Å². The molecule has 0 aliphatic carbocycles. The summed E-state index contributed by atoms with van der Waals surface area (Å²) in [4.78, 5) is 11.1. The largest absolute Gasteiger partial charge is 0.497 e. The van der Waals surface area contributed by atoms with Gasteiger partial charge < -0.3 is 19.3 Å². The van der Waals surface area contributed by atoms with E-state index in [2.05, 4.69) is 4.72 Å². The molecule has 0 bridgehead atoms. The Morgan fingerprint density at radius 3 is 2.37 bits per heavy atom. The van der Waals surface area contributed by atoms with Gasteiger partial charge in [-0.3, -0.25) is 4.72 Å². The van der Waals surface area contributed by atoms with Crippen molar-refractivity contribution in [3.05, 3.63) is 42.0 Å². The molecule has 0 fully saturated rings. The minimum absolute atomic E-state index is 0.0215. The Hall–Kier alpha value is -2.94. The molecule has 9 heteroatoms. The second-order valence-corrected chi connectivity index (χ2v) is 7.14. The van der Waals surface area contributed by atoms with Gasteiger partial charge in [-0.25, -0.2) is 13.2 Å². The first-order valence-electron chi connectivity index (χ1n) is 8.07. The van der Waals surface area contributed by atoms with E-state index in [4.69, 9.17) is 14.2 Å². The molecule has 0 aromatic heterocycles. The van der Waals surface area contributed by atoms with Crippen molar-refractivity contribution in [2.75, 3.05) is 25.5 Å². The molecule has 0 heterocycles. The third-order valence-corrected chi connectivity index (χ3v) is 4.98. The molecular formula is C18H21NO7S. The molecule has 146 valence electrons. The van der Waals surface area contributed by atoms with Crippen LogP contribution in [-0.2, 0) is 10.0 Å². The average Bonchev–Trinajstić information content (AvgIpc) is 2.66. The molecule has 0 spiro atoms. The Morgan fingerprint density at radius 2 is 1.78 bits per heavy atom. The third kappa shape index (κ3) is 4.82. The molecule has 0 saturated heterocycles. The van der Waals surface area contributed by atoms with Gasteiger partial charge in [-0.05, 0) is 36.8 Å². The number of aromatic carboxylic acids is 1. The molecule has 8 nitrogen and oxygen atoms in total. The first kappa shape index (κ1) is 20.4. The van der Waals surface area contributed by atoms with E-state index in [1.54, 1.807) is 6.07 Å². The maximum absolute atomic E-state index is 12.9. The predicted octanol–water partition coefficient (Wildman–Crippen LogP) is 2.99. The molecule has 0 aliphatic rings. The van der Waals surface area contributed by atoms with Gasteiger partial charge in [-0.15, -0.1) is 0 Å². The highest BCUT2D eigenvalue weighted by atomic mass is 32.2. The summed E-state index contributed by atoms with van der Waals surface area (Å²) >= 11 is 0. The van der Waals surface area contributed by atoms with Crippen molar-refractivity contribution >= 4 is 21.7 Å². The fourth-order valence-corrected chi connectivity index (χ4v) is 3.52. The lowest BCUT2D eigenvalue weighted by molar-refractivity contribution is 0.0697. The smallest absolute Gasteiger partial charge is 0.335 e. The number of sulfonamides is 1. The van der Waals surface area contributed by atoms with Crippen LogP contribution in [0.1, 0.15) is 23.7 Å². The Balaban J connectivity index is 2.50. The summed E-state index contributed by atoms with van der Waals surface area (Å²) in [5.41, 5.74) is -0.0534. The van der Waals surface area contributed by atoms with Crippen LogP contribution >= 0.6 is 0 Å². The van der Waals surface area contributed by atoms with Crippen molar-refractivity contribution in [1.29, 1.82) is 0 Å². The summed E-state index contributed by atoms with van der Waals surface area (Å²) in [7, 11) is -1.34. The van der Waals surface area contributed by atoms with Crippen molar-refractivity contribution in [3.63, 3.8) is 0 Å². The normalized spacial score (nSPS) is 10.9. The number of anilines is 1. The zero-order valence-corrected chi connectivity index (χ0v) is 16.0. The van der Waals surface area contributed by atoms with E-state index in [0.29, 0.717) is 18.8 Å². The number of hydrogen-bond acceptors (Lipinski definition) is 6. The number of benzene rings is 2. The van der Waals surface area contributed by atoms with E-state index < -0.39 is 16.0 Å². The standard InChI is InChI=1S/C18H21NO7S/c1-4-9-26-15-7-5-12(18(20)21)10-14(15)19-27(22,23)17-11-13(24-2)6-8-16(17)25-3/h5-8,10-11,19H,4,9H2,1-3H3,(H,20,21). The first-order valence-corrected chi connectivity index (χ1v) is 9.55. The average molecular weight is 395 g/mol. The van der Waals surface area contributed by atoms with Crippen LogP contribution in [0.5, 0.6) is 17.2 Å². The van der Waals surface area contributed by atoms with E-state index in [9.17, 15) is 18.3 Å². The SMILES string of the molecule is CCCOc1ccc(C(=O)O)cc1NS(=O)(=O)c1cc(OC)ccc1OC. The summed E-state index contributed by atoms with van der Waals surface area (Å²) in [6, 6.07) is 8.32. The summed E-state index contributed by atoms with van der Waals surface area (Å²) < 4.78 is 43.9. The van der Waals surface area contributed by atoms with Gasteiger partial charge >= 0.3 is 5.97 Å². The summed E-state index contributed by atoms with van der Waals surface area (Å²) in [5, 5.41) is 9.19. The van der Waals surface area contributed by atoms with Gasteiger partial charge in [-0.2, -0.15) is 0 Å². The second kappa shape index (κ2) is 8.63. The minimum atomic E-state index is -4.11. The molecule has 2 aromatic rings. The van der Waals surface area contributed by atoms with Gasteiger partial charge in [0.2, 0.25) is 0 Å². The summed E-state index contributed by atoms with van der Waals surface area (Å²) in [6.07, 6.45) is 0.705.